The van der Waals surface area contributed by atoms with Crippen LogP contribution >= 0.6 is 11.6 Å². The Morgan fingerprint density at radius 1 is 1.15 bits per heavy atom. The van der Waals surface area contributed by atoms with Crippen LogP contribution in [0, 0.1) is 28.5 Å². The number of nitrogens with zero attached hydrogens (tertiary/aromatic N) is 7. The van der Waals surface area contributed by atoms with Crippen LogP contribution in [0.1, 0.15) is 58.6 Å². The number of amidine groups is 1. The summed E-state index contributed by atoms with van der Waals surface area (Å²) in [4.78, 5) is 26.1. The first-order valence-corrected chi connectivity index (χ1v) is 17.2. The molecule has 1 aromatic carbocycles. The number of halogens is 2. The number of piperidine rings is 1. The summed E-state index contributed by atoms with van der Waals surface area (Å²) in [7, 11) is 0. The molecule has 11 nitrogen and oxygen atoms in total. The first-order valence-electron chi connectivity index (χ1n) is 16.1. The number of nitrogens with one attached hydrogen (secondary N) is 1. The normalized spacial score (nSPS) is 20.4. The second-order valence-corrected chi connectivity index (χ2v) is 14.7. The van der Waals surface area contributed by atoms with Crippen molar-refractivity contribution in [1.82, 2.24) is 14.8 Å². The third-order valence-corrected chi connectivity index (χ3v) is 10.4. The van der Waals surface area contributed by atoms with Gasteiger partial charge in [0.1, 0.15) is 40.1 Å². The molecule has 1 N–H and O–H groups in total. The van der Waals surface area contributed by atoms with Gasteiger partial charge in [0.05, 0.1) is 22.6 Å². The summed E-state index contributed by atoms with van der Waals surface area (Å²) < 4.78 is 34.0. The van der Waals surface area contributed by atoms with Crippen molar-refractivity contribution >= 4 is 57.0 Å². The minimum Gasteiger partial charge on any atom is -0.444 e. The Kier molecular flexibility index (Phi) is 9.21. The molecule has 0 unspecified atom stereocenters. The van der Waals surface area contributed by atoms with Crippen LogP contribution in [0.25, 0.3) is 0 Å². The number of carbonyl (C=O) groups is 1. The predicted molar refractivity (Wildman–Crippen MR) is 182 cm³/mol. The van der Waals surface area contributed by atoms with Crippen LogP contribution in [-0.2, 0) is 16.0 Å². The van der Waals surface area contributed by atoms with E-state index >= 15 is 4.39 Å². The molecule has 0 atom stereocenters. The lowest BCUT2D eigenvalue weighted by Crippen LogP contribution is -2.55. The van der Waals surface area contributed by atoms with E-state index in [9.17, 15) is 14.3 Å². The monoisotopic (exact) mass is 682 g/mol. The highest BCUT2D eigenvalue weighted by Crippen LogP contribution is 2.48. The van der Waals surface area contributed by atoms with Gasteiger partial charge in [0, 0.05) is 51.5 Å². The van der Waals surface area contributed by atoms with Gasteiger partial charge in [0.15, 0.2) is 5.69 Å². The van der Waals surface area contributed by atoms with Gasteiger partial charge in [-0.3, -0.25) is 15.2 Å². The zero-order chi connectivity index (χ0) is 33.5. The molecule has 3 saturated heterocycles. The van der Waals surface area contributed by atoms with Crippen LogP contribution in [0.2, 0.25) is 5.02 Å². The minimum atomic E-state index is -0.766. The number of hydrogen-bond donors (Lipinski definition) is 1. The molecule has 0 radical (unpaired) electrons. The number of anilines is 3. The molecule has 1 aliphatic carbocycles. The minimum absolute atomic E-state index is 0.0625. The second kappa shape index (κ2) is 13.1. The lowest BCUT2D eigenvalue weighted by Gasteiger charge is -2.44. The third kappa shape index (κ3) is 6.43. The molecule has 14 heteroatoms. The molecule has 1 spiro atoms. The van der Waals surface area contributed by atoms with Crippen molar-refractivity contribution < 1.29 is 18.1 Å². The van der Waals surface area contributed by atoms with E-state index in [1.807, 2.05) is 32.9 Å². The number of aromatic nitrogens is 1. The highest BCUT2D eigenvalue weighted by Gasteiger charge is 2.57. The standard InChI is InChI=1S/C33H40ClFN8O3S/c1-32(2,3)46-31(44)41-15-13-39(14-16-41)21-22-7-11-40(12-8-22)28-6-5-23(18-26(28)35)43-30(47-45)42(29(37)33(43)9-4-10-33)24-17-25(34)27(19-36)38-20-24/h5-6,17-18,20,22,37H,4,7-16,21H2,1-3H3. The van der Waals surface area contributed by atoms with E-state index in [1.54, 1.807) is 15.9 Å². The second-order valence-electron chi connectivity index (χ2n) is 13.7. The highest BCUT2D eigenvalue weighted by atomic mass is 35.5. The van der Waals surface area contributed by atoms with E-state index in [0.29, 0.717) is 48.9 Å². The summed E-state index contributed by atoms with van der Waals surface area (Å²) in [5, 5.41) is 18.7. The van der Waals surface area contributed by atoms with Crippen molar-refractivity contribution in [3.8, 4) is 6.07 Å². The average molecular weight is 683 g/mol. The van der Waals surface area contributed by atoms with Crippen molar-refractivity contribution in [3.05, 3.63) is 47.0 Å². The molecule has 4 fully saturated rings. The van der Waals surface area contributed by atoms with Crippen LogP contribution < -0.4 is 14.7 Å². The quantitative estimate of drug-likeness (QED) is 0.433. The van der Waals surface area contributed by atoms with Crippen LogP contribution in [0.3, 0.4) is 0 Å². The lowest BCUT2D eigenvalue weighted by atomic mass is 9.75. The van der Waals surface area contributed by atoms with Crippen molar-refractivity contribution in [1.29, 1.82) is 10.7 Å². The maximum Gasteiger partial charge on any atom is 0.410 e. The number of pyridine rings is 1. The Morgan fingerprint density at radius 2 is 1.85 bits per heavy atom. The maximum absolute atomic E-state index is 15.9. The highest BCUT2D eigenvalue weighted by molar-refractivity contribution is 7.67. The Hall–Kier alpha value is -3.73. The molecule has 2 aromatic rings. The molecule has 1 aromatic heterocycles. The number of amides is 1. The van der Waals surface area contributed by atoms with Gasteiger partial charge >= 0.3 is 6.09 Å². The van der Waals surface area contributed by atoms with E-state index in [0.717, 1.165) is 52.0 Å². The average Bonchev–Trinajstić information content (AvgIpc) is 3.29. The summed E-state index contributed by atoms with van der Waals surface area (Å²) in [6.45, 7) is 11.0. The fourth-order valence-electron chi connectivity index (χ4n) is 7.02. The SMILES string of the molecule is CC(C)(C)OC(=O)N1CCN(CC2CCN(c3ccc(N4C(=S=O)N(c5cnc(C#N)c(Cl)c5)C(=N)C45CCC5)cc3F)CC2)CC1. The Bertz CT molecular complexity index is 1650. The first-order chi connectivity index (χ1) is 22.4. The number of rotatable bonds is 5. The van der Waals surface area contributed by atoms with Crippen LogP contribution in [0.15, 0.2) is 30.5 Å². The van der Waals surface area contributed by atoms with Gasteiger partial charge in [-0.25, -0.2) is 18.4 Å². The van der Waals surface area contributed by atoms with Crippen LogP contribution in [0.5, 0.6) is 0 Å². The topological polar surface area (TPSA) is 120 Å². The van der Waals surface area contributed by atoms with Gasteiger partial charge in [-0.15, -0.1) is 0 Å². The summed E-state index contributed by atoms with van der Waals surface area (Å²) in [5.74, 6) is 0.345. The Balaban J connectivity index is 1.10. The van der Waals surface area contributed by atoms with Gasteiger partial charge in [-0.05, 0) is 83.1 Å². The Labute approximate surface area is 283 Å². The van der Waals surface area contributed by atoms with E-state index in [2.05, 4.69) is 14.8 Å². The summed E-state index contributed by atoms with van der Waals surface area (Å²) in [6, 6.07) is 8.56. The van der Waals surface area contributed by atoms with Crippen molar-refractivity contribution in [2.24, 2.45) is 5.92 Å². The molecule has 3 aliphatic heterocycles. The molecule has 1 saturated carbocycles. The fraction of sp³-hybridized carbons (Fsp3) is 0.545. The molecule has 4 heterocycles. The first kappa shape index (κ1) is 33.2. The fourth-order valence-corrected chi connectivity index (χ4v) is 7.85. The molecule has 6 rings (SSSR count). The summed E-state index contributed by atoms with van der Waals surface area (Å²) in [6.07, 6.45) is 5.25. The largest absolute Gasteiger partial charge is 0.444 e. The number of hydrogen-bond acceptors (Lipinski definition) is 8. The molecular weight excluding hydrogens is 643 g/mol. The molecular formula is C33H40ClFN8O3S. The van der Waals surface area contributed by atoms with Crippen molar-refractivity contribution in [2.75, 3.05) is 60.5 Å². The number of piperazine rings is 1. The number of benzene rings is 1. The molecule has 0 bridgehead atoms. The Morgan fingerprint density at radius 3 is 2.40 bits per heavy atom. The van der Waals surface area contributed by atoms with E-state index in [-0.39, 0.29) is 44.8 Å². The molecule has 47 heavy (non-hydrogen) atoms. The third-order valence-electron chi connectivity index (χ3n) is 9.61. The zero-order valence-corrected chi connectivity index (χ0v) is 28.5. The van der Waals surface area contributed by atoms with Gasteiger partial charge in [-0.1, -0.05) is 11.6 Å². The van der Waals surface area contributed by atoms with Crippen molar-refractivity contribution in [3.63, 3.8) is 0 Å². The smallest absolute Gasteiger partial charge is 0.410 e. The van der Waals surface area contributed by atoms with Gasteiger partial charge < -0.3 is 19.4 Å². The van der Waals surface area contributed by atoms with Gasteiger partial charge in [-0.2, -0.15) is 5.26 Å². The van der Waals surface area contributed by atoms with Crippen molar-refractivity contribution in [2.45, 2.75) is 64.0 Å². The van der Waals surface area contributed by atoms with Gasteiger partial charge in [0.25, 0.3) is 0 Å². The lowest BCUT2D eigenvalue weighted by molar-refractivity contribution is 0.0130. The van der Waals surface area contributed by atoms with E-state index in [4.69, 9.17) is 21.7 Å². The van der Waals surface area contributed by atoms with Crippen LogP contribution in [-0.4, -0.2) is 93.0 Å². The van der Waals surface area contributed by atoms with Gasteiger partial charge in [0.2, 0.25) is 5.11 Å². The molecule has 4 aliphatic rings. The molecule has 250 valence electrons. The number of ether oxygens (including phenoxy) is 1. The molecule has 1 amide bonds. The van der Waals surface area contributed by atoms with Crippen LogP contribution in [0.4, 0.5) is 26.2 Å². The summed E-state index contributed by atoms with van der Waals surface area (Å²) in [5.41, 5.74) is 0.259. The zero-order valence-electron chi connectivity index (χ0n) is 27.0. The van der Waals surface area contributed by atoms with E-state index < -0.39 is 11.1 Å². The number of nitriles is 1. The summed E-state index contributed by atoms with van der Waals surface area (Å²) >= 11 is 6.50. The van der Waals surface area contributed by atoms with E-state index in [1.165, 1.54) is 23.2 Å². The number of carbonyl (C=O) groups excluding carboxylic acids is 1. The predicted octanol–water partition coefficient (Wildman–Crippen LogP) is 5.04. The maximum atomic E-state index is 15.9.